The van der Waals surface area contributed by atoms with Crippen LogP contribution in [0.4, 0.5) is 22.0 Å². The Bertz CT molecular complexity index is 819. The van der Waals surface area contributed by atoms with Crippen molar-refractivity contribution in [3.63, 3.8) is 0 Å². The average Bonchev–Trinajstić information content (AvgIpc) is 2.95. The van der Waals surface area contributed by atoms with Crippen LogP contribution < -0.4 is 10.1 Å². The molecule has 1 atom stereocenters. The van der Waals surface area contributed by atoms with Gasteiger partial charge in [0.1, 0.15) is 11.9 Å². The lowest BCUT2D eigenvalue weighted by Crippen LogP contribution is -2.35. The van der Waals surface area contributed by atoms with Gasteiger partial charge >= 0.3 is 6.18 Å². The SMILES string of the molecule is O=C(NCC1Cc2cc(F)cc(F)c2O1)c1ccccc1C(F)(F)F. The number of alkyl halides is 3. The molecule has 1 N–H and O–H groups in total. The first-order valence-corrected chi connectivity index (χ1v) is 7.34. The molecule has 1 heterocycles. The van der Waals surface area contributed by atoms with E-state index in [-0.39, 0.29) is 18.7 Å². The number of benzene rings is 2. The maximum atomic E-state index is 13.6. The van der Waals surface area contributed by atoms with E-state index in [1.165, 1.54) is 12.1 Å². The molecular weight excluding hydrogens is 345 g/mol. The number of nitrogens with one attached hydrogen (secondary N) is 1. The van der Waals surface area contributed by atoms with Crippen LogP contribution >= 0.6 is 0 Å². The molecule has 0 saturated heterocycles. The molecule has 0 bridgehead atoms. The van der Waals surface area contributed by atoms with Crippen LogP contribution in [0.3, 0.4) is 0 Å². The molecule has 25 heavy (non-hydrogen) atoms. The molecule has 132 valence electrons. The van der Waals surface area contributed by atoms with E-state index < -0.39 is 40.9 Å². The van der Waals surface area contributed by atoms with E-state index >= 15 is 0 Å². The van der Waals surface area contributed by atoms with Crippen molar-refractivity contribution in [3.8, 4) is 5.75 Å². The predicted octanol–water partition coefficient (Wildman–Crippen LogP) is 3.72. The van der Waals surface area contributed by atoms with Crippen LogP contribution in [-0.2, 0) is 12.6 Å². The minimum absolute atomic E-state index is 0.101. The molecule has 0 spiro atoms. The third-order valence-corrected chi connectivity index (χ3v) is 3.78. The zero-order chi connectivity index (χ0) is 18.2. The van der Waals surface area contributed by atoms with Gasteiger partial charge in [-0.15, -0.1) is 0 Å². The first-order valence-electron chi connectivity index (χ1n) is 7.34. The number of hydrogen-bond acceptors (Lipinski definition) is 2. The van der Waals surface area contributed by atoms with Gasteiger partial charge in [-0.3, -0.25) is 4.79 Å². The number of fused-ring (bicyclic) bond motifs is 1. The molecule has 0 saturated carbocycles. The van der Waals surface area contributed by atoms with Crippen molar-refractivity contribution in [2.75, 3.05) is 6.54 Å². The summed E-state index contributed by atoms with van der Waals surface area (Å²) in [6.45, 7) is -0.138. The molecule has 1 amide bonds. The Morgan fingerprint density at radius 3 is 2.64 bits per heavy atom. The summed E-state index contributed by atoms with van der Waals surface area (Å²) >= 11 is 0. The fourth-order valence-corrected chi connectivity index (χ4v) is 2.69. The van der Waals surface area contributed by atoms with E-state index in [0.29, 0.717) is 11.6 Å². The second kappa shape index (κ2) is 6.34. The second-order valence-corrected chi connectivity index (χ2v) is 5.57. The Kier molecular flexibility index (Phi) is 4.36. The highest BCUT2D eigenvalue weighted by Gasteiger charge is 2.35. The monoisotopic (exact) mass is 357 g/mol. The van der Waals surface area contributed by atoms with Gasteiger partial charge in [0.15, 0.2) is 11.6 Å². The lowest BCUT2D eigenvalue weighted by molar-refractivity contribution is -0.137. The molecule has 0 fully saturated rings. The highest BCUT2D eigenvalue weighted by atomic mass is 19.4. The Morgan fingerprint density at radius 1 is 1.20 bits per heavy atom. The van der Waals surface area contributed by atoms with E-state index in [0.717, 1.165) is 18.2 Å². The second-order valence-electron chi connectivity index (χ2n) is 5.57. The number of amides is 1. The predicted molar refractivity (Wildman–Crippen MR) is 78.3 cm³/mol. The van der Waals surface area contributed by atoms with E-state index in [4.69, 9.17) is 4.74 Å². The molecule has 1 aliphatic heterocycles. The minimum Gasteiger partial charge on any atom is -0.485 e. The van der Waals surface area contributed by atoms with Crippen molar-refractivity contribution in [1.29, 1.82) is 0 Å². The van der Waals surface area contributed by atoms with Crippen LogP contribution in [0.5, 0.6) is 5.75 Å². The van der Waals surface area contributed by atoms with Gasteiger partial charge < -0.3 is 10.1 Å². The van der Waals surface area contributed by atoms with Crippen LogP contribution in [0.15, 0.2) is 36.4 Å². The molecule has 0 radical (unpaired) electrons. The van der Waals surface area contributed by atoms with Gasteiger partial charge in [0.2, 0.25) is 0 Å². The molecule has 1 aliphatic rings. The van der Waals surface area contributed by atoms with Gasteiger partial charge in [0.05, 0.1) is 17.7 Å². The molecule has 3 nitrogen and oxygen atoms in total. The maximum absolute atomic E-state index is 13.6. The fourth-order valence-electron chi connectivity index (χ4n) is 2.69. The van der Waals surface area contributed by atoms with Gasteiger partial charge in [-0.1, -0.05) is 12.1 Å². The summed E-state index contributed by atoms with van der Waals surface area (Å²) in [5, 5.41) is 2.34. The summed E-state index contributed by atoms with van der Waals surface area (Å²) in [5.41, 5.74) is -1.24. The summed E-state index contributed by atoms with van der Waals surface area (Å²) < 4.78 is 70.9. The Morgan fingerprint density at radius 2 is 1.92 bits per heavy atom. The molecular formula is C17H12F5NO2. The largest absolute Gasteiger partial charge is 0.485 e. The number of halogens is 5. The molecule has 0 aromatic heterocycles. The maximum Gasteiger partial charge on any atom is 0.417 e. The van der Waals surface area contributed by atoms with Crippen LogP contribution in [0, 0.1) is 11.6 Å². The lowest BCUT2D eigenvalue weighted by Gasteiger charge is -2.15. The zero-order valence-corrected chi connectivity index (χ0v) is 12.7. The standard InChI is InChI=1S/C17H12F5NO2/c18-10-5-9-6-11(25-15(9)14(19)7-10)8-23-16(24)12-3-1-2-4-13(12)17(20,21)22/h1-5,7,11H,6,8H2,(H,23,24). The van der Waals surface area contributed by atoms with E-state index in [2.05, 4.69) is 5.32 Å². The molecule has 0 aliphatic carbocycles. The van der Waals surface area contributed by atoms with E-state index in [9.17, 15) is 26.7 Å². The normalized spacial score (nSPS) is 16.3. The number of ether oxygens (including phenoxy) is 1. The minimum atomic E-state index is -4.66. The molecule has 2 aromatic carbocycles. The van der Waals surface area contributed by atoms with Gasteiger partial charge in [0, 0.05) is 18.1 Å². The average molecular weight is 357 g/mol. The van der Waals surface area contributed by atoms with Crippen LogP contribution in [0.25, 0.3) is 0 Å². The molecule has 2 aromatic rings. The summed E-state index contributed by atoms with van der Waals surface area (Å²) in [5.74, 6) is -2.62. The van der Waals surface area contributed by atoms with Gasteiger partial charge in [-0.2, -0.15) is 13.2 Å². The zero-order valence-electron chi connectivity index (χ0n) is 12.7. The number of hydrogen-bond donors (Lipinski definition) is 1. The molecule has 3 rings (SSSR count). The Balaban J connectivity index is 1.68. The molecule has 8 heteroatoms. The van der Waals surface area contributed by atoms with Crippen LogP contribution in [0.2, 0.25) is 0 Å². The quantitative estimate of drug-likeness (QED) is 0.851. The first-order chi connectivity index (χ1) is 11.8. The van der Waals surface area contributed by atoms with E-state index in [1.807, 2.05) is 0 Å². The fraction of sp³-hybridized carbons (Fsp3) is 0.235. The van der Waals surface area contributed by atoms with Crippen LogP contribution in [0.1, 0.15) is 21.5 Å². The van der Waals surface area contributed by atoms with Gasteiger partial charge in [0.25, 0.3) is 5.91 Å². The highest BCUT2D eigenvalue weighted by Crippen LogP contribution is 2.33. The van der Waals surface area contributed by atoms with Gasteiger partial charge in [-0.05, 0) is 18.2 Å². The Labute approximate surface area is 139 Å². The van der Waals surface area contributed by atoms with Crippen LogP contribution in [-0.4, -0.2) is 18.6 Å². The van der Waals surface area contributed by atoms with Crippen molar-refractivity contribution < 1.29 is 31.5 Å². The smallest absolute Gasteiger partial charge is 0.417 e. The summed E-state index contributed by atoms with van der Waals surface area (Å²) in [6.07, 6.45) is -5.20. The van der Waals surface area contributed by atoms with Crippen molar-refractivity contribution >= 4 is 5.91 Å². The Hall–Kier alpha value is -2.64. The summed E-state index contributed by atoms with van der Waals surface area (Å²) in [6, 6.07) is 6.20. The summed E-state index contributed by atoms with van der Waals surface area (Å²) in [7, 11) is 0. The third-order valence-electron chi connectivity index (χ3n) is 3.78. The highest BCUT2D eigenvalue weighted by molar-refractivity contribution is 5.95. The van der Waals surface area contributed by atoms with E-state index in [1.54, 1.807) is 0 Å². The van der Waals surface area contributed by atoms with Crippen molar-refractivity contribution in [2.45, 2.75) is 18.7 Å². The van der Waals surface area contributed by atoms with Crippen molar-refractivity contribution in [1.82, 2.24) is 5.32 Å². The molecule has 1 unspecified atom stereocenters. The number of carbonyl (C=O) groups excluding carboxylic acids is 1. The lowest BCUT2D eigenvalue weighted by atomic mass is 10.1. The van der Waals surface area contributed by atoms with Crippen molar-refractivity contribution in [3.05, 3.63) is 64.7 Å². The first kappa shape index (κ1) is 17.2. The van der Waals surface area contributed by atoms with Gasteiger partial charge in [-0.25, -0.2) is 8.78 Å². The summed E-state index contributed by atoms with van der Waals surface area (Å²) in [4.78, 5) is 12.1. The third kappa shape index (κ3) is 3.57. The van der Waals surface area contributed by atoms with Crippen molar-refractivity contribution in [2.24, 2.45) is 0 Å². The number of rotatable bonds is 3. The number of carbonyl (C=O) groups is 1. The topological polar surface area (TPSA) is 38.3 Å².